The van der Waals surface area contributed by atoms with Gasteiger partial charge in [0.2, 0.25) is 0 Å². The number of nitrogens with one attached hydrogen (secondary N) is 2. The predicted octanol–water partition coefficient (Wildman–Crippen LogP) is 4.05. The van der Waals surface area contributed by atoms with Crippen LogP contribution in [-0.4, -0.2) is 30.8 Å². The number of benzene rings is 1. The summed E-state index contributed by atoms with van der Waals surface area (Å²) in [6.07, 6.45) is 6.12. The molecule has 158 valence electrons. The molecule has 0 atom stereocenters. The Bertz CT molecular complexity index is 784. The second kappa shape index (κ2) is 11.8. The van der Waals surface area contributed by atoms with Gasteiger partial charge in [0.15, 0.2) is 5.96 Å². The summed E-state index contributed by atoms with van der Waals surface area (Å²) in [6.45, 7) is 10.4. The zero-order valence-electron chi connectivity index (χ0n) is 17.6. The second-order valence-electron chi connectivity index (χ2n) is 6.83. The van der Waals surface area contributed by atoms with Gasteiger partial charge in [-0.25, -0.2) is 4.99 Å². The van der Waals surface area contributed by atoms with Crippen molar-refractivity contribution in [1.82, 2.24) is 15.8 Å². The molecule has 0 saturated heterocycles. The number of aryl methyl sites for hydroxylation is 2. The fourth-order valence-corrected chi connectivity index (χ4v) is 3.32. The van der Waals surface area contributed by atoms with Gasteiger partial charge in [-0.3, -0.25) is 0 Å². The van der Waals surface area contributed by atoms with Crippen LogP contribution in [0.5, 0.6) is 0 Å². The molecule has 29 heavy (non-hydrogen) atoms. The first-order valence-electron chi connectivity index (χ1n) is 10.2. The Morgan fingerprint density at radius 2 is 1.79 bits per heavy atom. The van der Waals surface area contributed by atoms with Gasteiger partial charge in [-0.05, 0) is 31.0 Å². The number of anilines is 1. The molecule has 0 saturated carbocycles. The summed E-state index contributed by atoms with van der Waals surface area (Å²) in [4.78, 5) is 7.08. The fourth-order valence-electron chi connectivity index (χ4n) is 3.32. The molecule has 1 aromatic carbocycles. The first-order chi connectivity index (χ1) is 13.7. The monoisotopic (exact) mass is 509 g/mol. The molecular weight excluding hydrogens is 477 g/mol. The zero-order valence-corrected chi connectivity index (χ0v) is 19.9. The van der Waals surface area contributed by atoms with Crippen molar-refractivity contribution in [2.24, 2.45) is 4.99 Å². The minimum absolute atomic E-state index is 0. The van der Waals surface area contributed by atoms with Crippen LogP contribution in [0.2, 0.25) is 0 Å². The number of guanidine groups is 1. The van der Waals surface area contributed by atoms with E-state index < -0.39 is 0 Å². The van der Waals surface area contributed by atoms with Gasteiger partial charge in [-0.15, -0.1) is 24.0 Å². The van der Waals surface area contributed by atoms with Crippen molar-refractivity contribution >= 4 is 35.6 Å². The average molecular weight is 509 g/mol. The van der Waals surface area contributed by atoms with Crippen LogP contribution in [0.4, 0.5) is 5.69 Å². The van der Waals surface area contributed by atoms with Crippen molar-refractivity contribution in [3.05, 3.63) is 59.0 Å². The standard InChI is InChI=1S/C22H31N5O.HI/c1-4-20-19(21(5-2)28-26-20)16-25-22(23-6-3)24-15-17-9-11-18(12-10-17)27-13-7-8-14-27;/h7-12H,4-6,13-16H2,1-3H3,(H2,23,24,25);1H. The van der Waals surface area contributed by atoms with Crippen LogP contribution in [0, 0.1) is 0 Å². The summed E-state index contributed by atoms with van der Waals surface area (Å²) in [5, 5.41) is 10.9. The van der Waals surface area contributed by atoms with E-state index in [0.29, 0.717) is 13.1 Å². The summed E-state index contributed by atoms with van der Waals surface area (Å²) in [5.74, 6) is 1.76. The maximum absolute atomic E-state index is 5.45. The number of halogens is 1. The summed E-state index contributed by atoms with van der Waals surface area (Å²) < 4.78 is 5.45. The van der Waals surface area contributed by atoms with Crippen molar-refractivity contribution < 1.29 is 4.52 Å². The van der Waals surface area contributed by atoms with E-state index in [9.17, 15) is 0 Å². The highest BCUT2D eigenvalue weighted by molar-refractivity contribution is 14.0. The van der Waals surface area contributed by atoms with Gasteiger partial charge < -0.3 is 20.1 Å². The van der Waals surface area contributed by atoms with E-state index in [1.54, 1.807) is 0 Å². The molecule has 1 aromatic heterocycles. The lowest BCUT2D eigenvalue weighted by Gasteiger charge is -2.17. The van der Waals surface area contributed by atoms with Crippen molar-refractivity contribution in [1.29, 1.82) is 0 Å². The van der Waals surface area contributed by atoms with Gasteiger partial charge in [-0.2, -0.15) is 0 Å². The molecule has 0 bridgehead atoms. The van der Waals surface area contributed by atoms with Crippen molar-refractivity contribution in [3.8, 4) is 0 Å². The molecule has 7 heteroatoms. The number of hydrogen-bond acceptors (Lipinski definition) is 4. The molecule has 0 fully saturated rings. The molecule has 2 aromatic rings. The molecular formula is C22H32IN5O. The van der Waals surface area contributed by atoms with Crippen molar-refractivity contribution in [2.45, 2.75) is 46.7 Å². The Hall–Kier alpha value is -2.03. The molecule has 0 radical (unpaired) electrons. The third-order valence-corrected chi connectivity index (χ3v) is 4.92. The molecule has 0 unspecified atom stereocenters. The van der Waals surface area contributed by atoms with Crippen LogP contribution in [0.1, 0.15) is 43.4 Å². The fraction of sp³-hybridized carbons (Fsp3) is 0.455. The van der Waals surface area contributed by atoms with E-state index in [-0.39, 0.29) is 24.0 Å². The minimum atomic E-state index is 0. The zero-order chi connectivity index (χ0) is 19.8. The van der Waals surface area contributed by atoms with Crippen LogP contribution < -0.4 is 15.5 Å². The number of aromatic nitrogens is 1. The highest BCUT2D eigenvalue weighted by Gasteiger charge is 2.13. The number of hydrogen-bond donors (Lipinski definition) is 2. The first-order valence-corrected chi connectivity index (χ1v) is 10.2. The van der Waals surface area contributed by atoms with Crippen LogP contribution in [0.15, 0.2) is 45.9 Å². The van der Waals surface area contributed by atoms with E-state index in [4.69, 9.17) is 9.52 Å². The average Bonchev–Trinajstić information content (AvgIpc) is 3.40. The van der Waals surface area contributed by atoms with Gasteiger partial charge >= 0.3 is 0 Å². The smallest absolute Gasteiger partial charge is 0.191 e. The third kappa shape index (κ3) is 6.22. The van der Waals surface area contributed by atoms with Crippen LogP contribution in [0.3, 0.4) is 0 Å². The Labute approximate surface area is 190 Å². The van der Waals surface area contributed by atoms with Crippen LogP contribution in [-0.2, 0) is 25.9 Å². The third-order valence-electron chi connectivity index (χ3n) is 4.92. The van der Waals surface area contributed by atoms with Gasteiger partial charge in [-0.1, -0.05) is 43.3 Å². The molecule has 2 heterocycles. The minimum Gasteiger partial charge on any atom is -0.364 e. The van der Waals surface area contributed by atoms with Crippen molar-refractivity contribution in [2.75, 3.05) is 24.5 Å². The maximum atomic E-state index is 5.45. The van der Waals surface area contributed by atoms with E-state index in [1.165, 1.54) is 11.3 Å². The lowest BCUT2D eigenvalue weighted by Crippen LogP contribution is -2.37. The molecule has 0 aliphatic carbocycles. The largest absolute Gasteiger partial charge is 0.364 e. The summed E-state index contributed by atoms with van der Waals surface area (Å²) in [7, 11) is 0. The quantitative estimate of drug-likeness (QED) is 0.243. The van der Waals surface area contributed by atoms with Gasteiger partial charge in [0.1, 0.15) is 5.76 Å². The Balaban J connectivity index is 0.00000300. The second-order valence-corrected chi connectivity index (χ2v) is 6.83. The highest BCUT2D eigenvalue weighted by Crippen LogP contribution is 2.18. The normalized spacial score (nSPS) is 13.5. The Kier molecular flexibility index (Phi) is 9.50. The van der Waals surface area contributed by atoms with E-state index in [0.717, 1.165) is 55.5 Å². The van der Waals surface area contributed by atoms with Crippen LogP contribution >= 0.6 is 24.0 Å². The predicted molar refractivity (Wildman–Crippen MR) is 130 cm³/mol. The Morgan fingerprint density at radius 3 is 2.41 bits per heavy atom. The summed E-state index contributed by atoms with van der Waals surface area (Å²) in [5.41, 5.74) is 4.63. The van der Waals surface area contributed by atoms with E-state index in [2.05, 4.69) is 77.9 Å². The molecule has 1 aliphatic heterocycles. The van der Waals surface area contributed by atoms with Gasteiger partial charge in [0, 0.05) is 43.9 Å². The molecule has 1 aliphatic rings. The van der Waals surface area contributed by atoms with Gasteiger partial charge in [0.05, 0.1) is 12.2 Å². The summed E-state index contributed by atoms with van der Waals surface area (Å²) >= 11 is 0. The summed E-state index contributed by atoms with van der Waals surface area (Å²) in [6, 6.07) is 8.67. The molecule has 0 amide bonds. The Morgan fingerprint density at radius 1 is 1.07 bits per heavy atom. The van der Waals surface area contributed by atoms with Crippen LogP contribution in [0.25, 0.3) is 0 Å². The SMILES string of the molecule is CCNC(=NCc1ccc(N2CC=CC2)cc1)NCc1c(CC)noc1CC.I. The van der Waals surface area contributed by atoms with E-state index in [1.807, 2.05) is 0 Å². The van der Waals surface area contributed by atoms with Gasteiger partial charge in [0.25, 0.3) is 0 Å². The molecule has 3 rings (SSSR count). The molecule has 6 nitrogen and oxygen atoms in total. The molecule has 2 N–H and O–H groups in total. The molecule has 0 spiro atoms. The lowest BCUT2D eigenvalue weighted by molar-refractivity contribution is 0.380. The number of aliphatic imine (C=N–C) groups is 1. The number of rotatable bonds is 8. The first kappa shape index (κ1) is 23.3. The number of nitrogens with zero attached hydrogens (tertiary/aromatic N) is 3. The topological polar surface area (TPSA) is 65.7 Å². The van der Waals surface area contributed by atoms with E-state index >= 15 is 0 Å². The highest BCUT2D eigenvalue weighted by atomic mass is 127. The lowest BCUT2D eigenvalue weighted by atomic mass is 10.1. The van der Waals surface area contributed by atoms with Crippen molar-refractivity contribution in [3.63, 3.8) is 0 Å². The maximum Gasteiger partial charge on any atom is 0.191 e.